The van der Waals surface area contributed by atoms with Crippen molar-refractivity contribution in [2.75, 3.05) is 7.05 Å². The number of nitrogens with one attached hydrogen (secondary N) is 3. The molecular weight excluding hydrogens is 329 g/mol. The summed E-state index contributed by atoms with van der Waals surface area (Å²) in [6, 6.07) is 2.54. The molecule has 0 saturated heterocycles. The Labute approximate surface area is 119 Å². The van der Waals surface area contributed by atoms with Crippen molar-refractivity contribution in [3.63, 3.8) is 0 Å². The number of nitrogens with zero attached hydrogens (tertiary/aromatic N) is 2. The number of aromatic nitrogens is 2. The Bertz CT molecular complexity index is 330. The highest BCUT2D eigenvalue weighted by molar-refractivity contribution is 14.0. The van der Waals surface area contributed by atoms with Crippen molar-refractivity contribution in [1.29, 1.82) is 0 Å². The number of hydrogen-bond donors (Lipinski definition) is 3. The molecule has 5 nitrogen and oxygen atoms in total. The van der Waals surface area contributed by atoms with Gasteiger partial charge < -0.3 is 10.6 Å². The first kappa shape index (κ1) is 14.3. The summed E-state index contributed by atoms with van der Waals surface area (Å²) >= 11 is 0. The van der Waals surface area contributed by atoms with Crippen LogP contribution in [0.2, 0.25) is 0 Å². The molecule has 0 aliphatic heterocycles. The van der Waals surface area contributed by atoms with Gasteiger partial charge in [-0.25, -0.2) is 0 Å². The van der Waals surface area contributed by atoms with E-state index in [0.29, 0.717) is 6.04 Å². The fourth-order valence-electron chi connectivity index (χ4n) is 2.02. The van der Waals surface area contributed by atoms with Crippen molar-refractivity contribution in [2.45, 2.75) is 38.3 Å². The van der Waals surface area contributed by atoms with Gasteiger partial charge in [0.05, 0.1) is 12.2 Å². The van der Waals surface area contributed by atoms with Gasteiger partial charge in [-0.05, 0) is 18.9 Å². The van der Waals surface area contributed by atoms with Gasteiger partial charge in [-0.2, -0.15) is 5.10 Å². The van der Waals surface area contributed by atoms with Crippen LogP contribution in [-0.2, 0) is 6.54 Å². The van der Waals surface area contributed by atoms with Crippen LogP contribution in [0.25, 0.3) is 0 Å². The molecule has 96 valence electrons. The number of H-pyrrole nitrogens is 1. The second-order valence-corrected chi connectivity index (χ2v) is 4.13. The normalized spacial score (nSPS) is 16.6. The summed E-state index contributed by atoms with van der Waals surface area (Å²) in [5.74, 6) is 0.876. The topological polar surface area (TPSA) is 65.1 Å². The summed E-state index contributed by atoms with van der Waals surface area (Å²) in [5.41, 5.74) is 1.06. The summed E-state index contributed by atoms with van der Waals surface area (Å²) < 4.78 is 0. The molecule has 17 heavy (non-hydrogen) atoms. The van der Waals surface area contributed by atoms with Gasteiger partial charge in [-0.1, -0.05) is 12.8 Å². The van der Waals surface area contributed by atoms with Crippen LogP contribution in [0.1, 0.15) is 31.4 Å². The Morgan fingerprint density at radius 1 is 1.53 bits per heavy atom. The van der Waals surface area contributed by atoms with E-state index in [-0.39, 0.29) is 24.0 Å². The van der Waals surface area contributed by atoms with Crippen molar-refractivity contribution in [1.82, 2.24) is 20.8 Å². The van der Waals surface area contributed by atoms with Crippen LogP contribution in [0.3, 0.4) is 0 Å². The van der Waals surface area contributed by atoms with Gasteiger partial charge in [0.25, 0.3) is 0 Å². The molecule has 1 saturated carbocycles. The first-order valence-electron chi connectivity index (χ1n) is 5.84. The minimum atomic E-state index is 0. The predicted molar refractivity (Wildman–Crippen MR) is 79.6 cm³/mol. The van der Waals surface area contributed by atoms with Gasteiger partial charge in [-0.15, -0.1) is 24.0 Å². The third-order valence-corrected chi connectivity index (χ3v) is 2.92. The molecule has 0 radical (unpaired) electrons. The lowest BCUT2D eigenvalue weighted by Crippen LogP contribution is -2.41. The average molecular weight is 349 g/mol. The number of rotatable bonds is 3. The summed E-state index contributed by atoms with van der Waals surface area (Å²) in [6.45, 7) is 0.729. The second-order valence-electron chi connectivity index (χ2n) is 4.13. The van der Waals surface area contributed by atoms with Crippen LogP contribution in [-0.4, -0.2) is 29.2 Å². The van der Waals surface area contributed by atoms with Crippen LogP contribution < -0.4 is 10.6 Å². The van der Waals surface area contributed by atoms with Gasteiger partial charge in [0.2, 0.25) is 0 Å². The van der Waals surface area contributed by atoms with Crippen molar-refractivity contribution in [3.05, 3.63) is 18.0 Å². The van der Waals surface area contributed by atoms with Crippen LogP contribution >= 0.6 is 24.0 Å². The average Bonchev–Trinajstić information content (AvgIpc) is 2.97. The number of hydrogen-bond acceptors (Lipinski definition) is 2. The highest BCUT2D eigenvalue weighted by Crippen LogP contribution is 2.17. The highest BCUT2D eigenvalue weighted by Gasteiger charge is 2.15. The van der Waals surface area contributed by atoms with E-state index < -0.39 is 0 Å². The maximum atomic E-state index is 4.21. The molecule has 1 aromatic heterocycles. The number of guanidine groups is 1. The molecule has 1 aliphatic rings. The monoisotopic (exact) mass is 349 g/mol. The number of aromatic amines is 1. The molecule has 2 rings (SSSR count). The lowest BCUT2D eigenvalue weighted by Gasteiger charge is -2.16. The van der Waals surface area contributed by atoms with Gasteiger partial charge in [0.1, 0.15) is 0 Å². The molecule has 3 N–H and O–H groups in total. The third kappa shape index (κ3) is 4.53. The van der Waals surface area contributed by atoms with Crippen molar-refractivity contribution in [3.8, 4) is 0 Å². The van der Waals surface area contributed by atoms with E-state index in [1.54, 1.807) is 13.2 Å². The summed E-state index contributed by atoms with van der Waals surface area (Å²) in [4.78, 5) is 4.21. The Hall–Kier alpha value is -0.790. The zero-order valence-corrected chi connectivity index (χ0v) is 12.4. The number of halogens is 1. The minimum absolute atomic E-state index is 0. The van der Waals surface area contributed by atoms with Crippen molar-refractivity contribution >= 4 is 29.9 Å². The Morgan fingerprint density at radius 3 is 2.88 bits per heavy atom. The number of aliphatic imine (C=N–C) groups is 1. The van der Waals surface area contributed by atoms with E-state index in [1.807, 2.05) is 6.07 Å². The molecule has 0 bridgehead atoms. The molecule has 6 heteroatoms. The third-order valence-electron chi connectivity index (χ3n) is 2.92. The first-order chi connectivity index (χ1) is 7.88. The molecule has 1 fully saturated rings. The molecule has 1 aromatic rings. The summed E-state index contributed by atoms with van der Waals surface area (Å²) in [7, 11) is 1.80. The summed E-state index contributed by atoms with van der Waals surface area (Å²) in [6.07, 6.45) is 6.92. The first-order valence-corrected chi connectivity index (χ1v) is 5.84. The van der Waals surface area contributed by atoms with Crippen LogP contribution in [0, 0.1) is 0 Å². The van der Waals surface area contributed by atoms with Gasteiger partial charge in [0.15, 0.2) is 5.96 Å². The fourth-order valence-corrected chi connectivity index (χ4v) is 2.02. The Balaban J connectivity index is 0.00000144. The quantitative estimate of drug-likeness (QED) is 0.442. The van der Waals surface area contributed by atoms with Crippen LogP contribution in [0.5, 0.6) is 0 Å². The van der Waals surface area contributed by atoms with Gasteiger partial charge in [0, 0.05) is 19.3 Å². The van der Waals surface area contributed by atoms with Crippen molar-refractivity contribution < 1.29 is 0 Å². The summed E-state index contributed by atoms with van der Waals surface area (Å²) in [5, 5.41) is 13.5. The highest BCUT2D eigenvalue weighted by atomic mass is 127. The van der Waals surface area contributed by atoms with E-state index in [4.69, 9.17) is 0 Å². The molecule has 1 aliphatic carbocycles. The molecule has 0 atom stereocenters. The smallest absolute Gasteiger partial charge is 0.191 e. The zero-order valence-electron chi connectivity index (χ0n) is 10.1. The minimum Gasteiger partial charge on any atom is -0.354 e. The lowest BCUT2D eigenvalue weighted by atomic mass is 10.2. The molecule has 0 amide bonds. The maximum absolute atomic E-state index is 4.21. The largest absolute Gasteiger partial charge is 0.354 e. The second kappa shape index (κ2) is 7.52. The predicted octanol–water partition coefficient (Wildman–Crippen LogP) is 1.64. The molecule has 0 aromatic carbocycles. The molecule has 0 unspecified atom stereocenters. The van der Waals surface area contributed by atoms with Crippen LogP contribution in [0.4, 0.5) is 0 Å². The Morgan fingerprint density at radius 2 is 2.29 bits per heavy atom. The standard InChI is InChI=1S/C11H19N5.HI/c1-12-11(15-9-4-2-3-5-9)13-8-10-6-7-14-16-10;/h6-7,9H,2-5,8H2,1H3,(H,14,16)(H2,12,13,15);1H. The van der Waals surface area contributed by atoms with Gasteiger partial charge >= 0.3 is 0 Å². The van der Waals surface area contributed by atoms with Gasteiger partial charge in [-0.3, -0.25) is 10.1 Å². The van der Waals surface area contributed by atoms with E-state index in [0.717, 1.165) is 18.2 Å². The van der Waals surface area contributed by atoms with E-state index in [9.17, 15) is 0 Å². The fraction of sp³-hybridized carbons (Fsp3) is 0.636. The zero-order chi connectivity index (χ0) is 11.2. The van der Waals surface area contributed by atoms with Crippen molar-refractivity contribution in [2.24, 2.45) is 4.99 Å². The van der Waals surface area contributed by atoms with E-state index >= 15 is 0 Å². The molecule has 0 spiro atoms. The van der Waals surface area contributed by atoms with E-state index in [2.05, 4.69) is 25.8 Å². The molecule has 1 heterocycles. The van der Waals surface area contributed by atoms with Crippen LogP contribution in [0.15, 0.2) is 17.3 Å². The SMILES string of the molecule is CN=C(NCc1ccn[nH]1)NC1CCCC1.I. The Kier molecular flexibility index (Phi) is 6.31. The maximum Gasteiger partial charge on any atom is 0.191 e. The molecular formula is C11H20IN5. The van der Waals surface area contributed by atoms with E-state index in [1.165, 1.54) is 25.7 Å². The lowest BCUT2D eigenvalue weighted by molar-refractivity contribution is 0.612.